The third kappa shape index (κ3) is 4.55. The minimum absolute atomic E-state index is 0.0397. The second-order valence-corrected chi connectivity index (χ2v) is 6.68. The Balaban J connectivity index is 1.99. The molecule has 1 saturated carbocycles. The molecule has 1 aliphatic rings. The Kier molecular flexibility index (Phi) is 5.98. The van der Waals surface area contributed by atoms with Gasteiger partial charge < -0.3 is 15.7 Å². The first-order valence-electron chi connectivity index (χ1n) is 8.27. The molecule has 0 amide bonds. The van der Waals surface area contributed by atoms with E-state index in [0.717, 1.165) is 12.8 Å². The summed E-state index contributed by atoms with van der Waals surface area (Å²) in [6, 6.07) is 11.1. The lowest BCUT2D eigenvalue weighted by atomic mass is 9.80. The number of carboxylic acids is 1. The van der Waals surface area contributed by atoms with Gasteiger partial charge in [0, 0.05) is 24.2 Å². The molecule has 22 heavy (non-hydrogen) atoms. The molecule has 1 aliphatic carbocycles. The predicted octanol–water partition coefficient (Wildman–Crippen LogP) is 2.96. The summed E-state index contributed by atoms with van der Waals surface area (Å²) in [5.41, 5.74) is 1.20. The van der Waals surface area contributed by atoms with E-state index in [4.69, 9.17) is 0 Å². The van der Waals surface area contributed by atoms with E-state index in [0.29, 0.717) is 18.5 Å². The van der Waals surface area contributed by atoms with E-state index in [1.165, 1.54) is 5.56 Å². The van der Waals surface area contributed by atoms with Crippen molar-refractivity contribution in [1.82, 2.24) is 10.6 Å². The van der Waals surface area contributed by atoms with Crippen LogP contribution in [0.3, 0.4) is 0 Å². The van der Waals surface area contributed by atoms with E-state index in [2.05, 4.69) is 43.5 Å². The summed E-state index contributed by atoms with van der Waals surface area (Å²) in [6.45, 7) is 6.32. The Bertz CT molecular complexity index is 475. The highest BCUT2D eigenvalue weighted by molar-refractivity contribution is 5.71. The number of benzene rings is 1. The highest BCUT2D eigenvalue weighted by Crippen LogP contribution is 2.28. The first-order valence-corrected chi connectivity index (χ1v) is 8.27. The zero-order valence-corrected chi connectivity index (χ0v) is 13.8. The van der Waals surface area contributed by atoms with Crippen LogP contribution in [0.4, 0.5) is 0 Å². The van der Waals surface area contributed by atoms with Gasteiger partial charge in [0.25, 0.3) is 0 Å². The van der Waals surface area contributed by atoms with Crippen molar-refractivity contribution in [2.24, 2.45) is 5.92 Å². The molecule has 0 spiro atoms. The van der Waals surface area contributed by atoms with Crippen LogP contribution in [0.25, 0.3) is 0 Å². The van der Waals surface area contributed by atoms with Crippen LogP contribution < -0.4 is 10.6 Å². The van der Waals surface area contributed by atoms with Gasteiger partial charge in [0.15, 0.2) is 0 Å². The molecule has 122 valence electrons. The Morgan fingerprint density at radius 3 is 2.41 bits per heavy atom. The molecule has 1 aromatic rings. The van der Waals surface area contributed by atoms with Crippen molar-refractivity contribution in [3.05, 3.63) is 35.9 Å². The van der Waals surface area contributed by atoms with E-state index >= 15 is 0 Å². The summed E-state index contributed by atoms with van der Waals surface area (Å²) in [5, 5.41) is 16.6. The summed E-state index contributed by atoms with van der Waals surface area (Å²) < 4.78 is 0. The molecule has 0 heterocycles. The number of rotatable bonds is 6. The van der Waals surface area contributed by atoms with Crippen molar-refractivity contribution in [1.29, 1.82) is 0 Å². The van der Waals surface area contributed by atoms with Crippen molar-refractivity contribution < 1.29 is 9.90 Å². The van der Waals surface area contributed by atoms with Crippen LogP contribution in [-0.4, -0.2) is 29.2 Å². The van der Waals surface area contributed by atoms with Crippen molar-refractivity contribution in [3.8, 4) is 0 Å². The summed E-state index contributed by atoms with van der Waals surface area (Å²) >= 11 is 0. The number of hydrogen-bond donors (Lipinski definition) is 3. The molecule has 4 atom stereocenters. The molecule has 0 radical (unpaired) electrons. The quantitative estimate of drug-likeness (QED) is 0.756. The monoisotopic (exact) mass is 304 g/mol. The second kappa shape index (κ2) is 7.75. The van der Waals surface area contributed by atoms with Gasteiger partial charge >= 0.3 is 5.97 Å². The lowest BCUT2D eigenvalue weighted by Crippen LogP contribution is -2.50. The fraction of sp³-hybridized carbons (Fsp3) is 0.611. The van der Waals surface area contributed by atoms with E-state index in [9.17, 15) is 9.90 Å². The highest BCUT2D eigenvalue weighted by Gasteiger charge is 2.35. The molecule has 1 fully saturated rings. The fourth-order valence-electron chi connectivity index (χ4n) is 3.42. The Morgan fingerprint density at radius 2 is 1.82 bits per heavy atom. The third-order valence-corrected chi connectivity index (χ3v) is 4.50. The smallest absolute Gasteiger partial charge is 0.308 e. The van der Waals surface area contributed by atoms with Crippen LogP contribution in [-0.2, 0) is 4.79 Å². The Labute approximate surface area is 133 Å². The van der Waals surface area contributed by atoms with E-state index in [1.807, 2.05) is 18.2 Å². The van der Waals surface area contributed by atoms with Crippen molar-refractivity contribution in [3.63, 3.8) is 0 Å². The van der Waals surface area contributed by atoms with Gasteiger partial charge in [0.05, 0.1) is 5.92 Å². The van der Waals surface area contributed by atoms with Crippen LogP contribution >= 0.6 is 0 Å². The lowest BCUT2D eigenvalue weighted by Gasteiger charge is -2.37. The molecule has 3 N–H and O–H groups in total. The van der Waals surface area contributed by atoms with Gasteiger partial charge in [-0.3, -0.25) is 4.79 Å². The first kappa shape index (κ1) is 17.0. The van der Waals surface area contributed by atoms with E-state index in [-0.39, 0.29) is 18.0 Å². The minimum atomic E-state index is -0.687. The molecular weight excluding hydrogens is 276 g/mol. The molecule has 0 unspecified atom stereocenters. The van der Waals surface area contributed by atoms with Crippen LogP contribution in [0.15, 0.2) is 30.3 Å². The maximum Gasteiger partial charge on any atom is 0.308 e. The minimum Gasteiger partial charge on any atom is -0.481 e. The maximum absolute atomic E-state index is 11.6. The van der Waals surface area contributed by atoms with Crippen molar-refractivity contribution in [2.45, 2.75) is 64.2 Å². The molecule has 0 aliphatic heterocycles. The van der Waals surface area contributed by atoms with Gasteiger partial charge in [0.1, 0.15) is 0 Å². The zero-order chi connectivity index (χ0) is 16.1. The molecule has 4 heteroatoms. The number of carboxylic acid groups (broad SMARTS) is 1. The second-order valence-electron chi connectivity index (χ2n) is 6.68. The van der Waals surface area contributed by atoms with Gasteiger partial charge in [-0.15, -0.1) is 0 Å². The summed E-state index contributed by atoms with van der Waals surface area (Å²) in [5.74, 6) is -1.01. The van der Waals surface area contributed by atoms with Gasteiger partial charge in [-0.05, 0) is 31.7 Å². The molecule has 0 bridgehead atoms. The number of aliphatic carboxylic acids is 1. The van der Waals surface area contributed by atoms with Gasteiger partial charge in [-0.25, -0.2) is 0 Å². The zero-order valence-electron chi connectivity index (χ0n) is 13.8. The number of nitrogens with one attached hydrogen (secondary N) is 2. The van der Waals surface area contributed by atoms with E-state index in [1.54, 1.807) is 0 Å². The molecule has 0 aromatic heterocycles. The number of hydrogen-bond acceptors (Lipinski definition) is 3. The Morgan fingerprint density at radius 1 is 1.14 bits per heavy atom. The topological polar surface area (TPSA) is 61.4 Å². The fourth-order valence-corrected chi connectivity index (χ4v) is 3.42. The number of carbonyl (C=O) groups is 1. The summed E-state index contributed by atoms with van der Waals surface area (Å²) in [4.78, 5) is 11.6. The normalized spacial score (nSPS) is 26.8. The highest BCUT2D eigenvalue weighted by atomic mass is 16.4. The first-order chi connectivity index (χ1) is 10.5. The van der Waals surface area contributed by atoms with Crippen molar-refractivity contribution >= 4 is 5.97 Å². The summed E-state index contributed by atoms with van der Waals surface area (Å²) in [6.07, 6.45) is 2.63. The Hall–Kier alpha value is -1.39. The van der Waals surface area contributed by atoms with Crippen LogP contribution in [0, 0.1) is 5.92 Å². The van der Waals surface area contributed by atoms with Crippen molar-refractivity contribution in [2.75, 3.05) is 0 Å². The SMILES string of the molecule is CC(C)N[C@@H]1CC[C@H](N[C@@H](C)c2ccccc2)[C@H](C(=O)O)C1. The largest absolute Gasteiger partial charge is 0.481 e. The molecule has 1 aromatic carbocycles. The standard InChI is InChI=1S/C18H28N2O2/c1-12(2)19-15-9-10-17(16(11-15)18(21)22)20-13(3)14-7-5-4-6-8-14/h4-8,12-13,15-17,19-20H,9-11H2,1-3H3,(H,21,22)/t13-,15+,16+,17-/m0/s1. The van der Waals surface area contributed by atoms with E-state index < -0.39 is 5.97 Å². The maximum atomic E-state index is 11.6. The lowest BCUT2D eigenvalue weighted by molar-refractivity contribution is -0.144. The molecule has 0 saturated heterocycles. The molecule has 4 nitrogen and oxygen atoms in total. The summed E-state index contributed by atoms with van der Waals surface area (Å²) in [7, 11) is 0. The van der Waals surface area contributed by atoms with Crippen LogP contribution in [0.5, 0.6) is 0 Å². The molecule has 2 rings (SSSR count). The van der Waals surface area contributed by atoms with Gasteiger partial charge in [0.2, 0.25) is 0 Å². The average Bonchev–Trinajstić information content (AvgIpc) is 2.49. The third-order valence-electron chi connectivity index (χ3n) is 4.50. The average molecular weight is 304 g/mol. The van der Waals surface area contributed by atoms with Crippen LogP contribution in [0.1, 0.15) is 51.6 Å². The molecular formula is C18H28N2O2. The van der Waals surface area contributed by atoms with Gasteiger partial charge in [-0.1, -0.05) is 44.2 Å². The predicted molar refractivity (Wildman–Crippen MR) is 88.8 cm³/mol. The van der Waals surface area contributed by atoms with Crippen LogP contribution in [0.2, 0.25) is 0 Å². The van der Waals surface area contributed by atoms with Gasteiger partial charge in [-0.2, -0.15) is 0 Å².